The highest BCUT2D eigenvalue weighted by Crippen LogP contribution is 2.19. The van der Waals surface area contributed by atoms with Crippen molar-refractivity contribution >= 4 is 18.1 Å². The van der Waals surface area contributed by atoms with Gasteiger partial charge in [-0.25, -0.2) is 0 Å². The Morgan fingerprint density at radius 1 is 1.42 bits per heavy atom. The number of hydrogen-bond donors (Lipinski definition) is 2. The number of carbonyl (C=O) groups is 1. The molecule has 130 valence electrons. The van der Waals surface area contributed by atoms with Gasteiger partial charge in [0.2, 0.25) is 5.91 Å². The summed E-state index contributed by atoms with van der Waals surface area (Å²) < 4.78 is 7.59. The minimum atomic E-state index is -0.0727. The van der Waals surface area contributed by atoms with Crippen molar-refractivity contribution < 1.29 is 9.53 Å². The summed E-state index contributed by atoms with van der Waals surface area (Å²) in [5.74, 6) is 1.59. The van der Waals surface area contributed by atoms with Crippen LogP contribution in [0, 0.1) is 11.7 Å². The number of aryl methyl sites for hydroxylation is 2. The van der Waals surface area contributed by atoms with Crippen LogP contribution in [-0.4, -0.2) is 34.3 Å². The van der Waals surface area contributed by atoms with Crippen LogP contribution < -0.4 is 10.1 Å². The molecule has 1 amide bonds. The zero-order chi connectivity index (χ0) is 17.5. The molecule has 1 aromatic heterocycles. The van der Waals surface area contributed by atoms with Crippen molar-refractivity contribution in [2.75, 3.05) is 13.7 Å². The third-order valence-corrected chi connectivity index (χ3v) is 4.08. The van der Waals surface area contributed by atoms with Crippen molar-refractivity contribution in [3.8, 4) is 5.75 Å². The van der Waals surface area contributed by atoms with Gasteiger partial charge in [-0.2, -0.15) is 5.10 Å². The number of benzene rings is 1. The lowest BCUT2D eigenvalue weighted by atomic mass is 10.1. The van der Waals surface area contributed by atoms with E-state index in [-0.39, 0.29) is 12.5 Å². The number of ether oxygens (including phenoxy) is 1. The Kier molecular flexibility index (Phi) is 6.54. The van der Waals surface area contributed by atoms with E-state index in [1.807, 2.05) is 19.1 Å². The van der Waals surface area contributed by atoms with Crippen molar-refractivity contribution in [2.24, 2.45) is 0 Å². The highest BCUT2D eigenvalue weighted by molar-refractivity contribution is 7.71. The van der Waals surface area contributed by atoms with Gasteiger partial charge in [0.15, 0.2) is 4.77 Å². The third kappa shape index (κ3) is 4.67. The Balaban J connectivity index is 1.91. The lowest BCUT2D eigenvalue weighted by Crippen LogP contribution is -2.30. The molecule has 0 fully saturated rings. The van der Waals surface area contributed by atoms with Crippen LogP contribution in [0.5, 0.6) is 5.75 Å². The molecule has 6 nitrogen and oxygen atoms in total. The van der Waals surface area contributed by atoms with Gasteiger partial charge >= 0.3 is 0 Å². The number of rotatable bonds is 8. The first-order valence-corrected chi connectivity index (χ1v) is 8.50. The van der Waals surface area contributed by atoms with Crippen molar-refractivity contribution in [3.05, 3.63) is 39.9 Å². The highest BCUT2D eigenvalue weighted by Gasteiger charge is 2.10. The van der Waals surface area contributed by atoms with Gasteiger partial charge in [-0.05, 0) is 43.6 Å². The quantitative estimate of drug-likeness (QED) is 0.719. The molecule has 0 saturated heterocycles. The molecule has 0 unspecified atom stereocenters. The van der Waals surface area contributed by atoms with Gasteiger partial charge in [-0.3, -0.25) is 14.5 Å². The summed E-state index contributed by atoms with van der Waals surface area (Å²) in [5.41, 5.74) is 2.26. The summed E-state index contributed by atoms with van der Waals surface area (Å²) in [6.45, 7) is 4.84. The van der Waals surface area contributed by atoms with Crippen LogP contribution in [0.4, 0.5) is 0 Å². The van der Waals surface area contributed by atoms with Crippen LogP contribution in [0.25, 0.3) is 0 Å². The van der Waals surface area contributed by atoms with Gasteiger partial charge in [0, 0.05) is 13.0 Å². The van der Waals surface area contributed by atoms with Gasteiger partial charge in [0.05, 0.1) is 7.11 Å². The average Bonchev–Trinajstić information content (AvgIpc) is 2.89. The number of H-pyrrole nitrogens is 1. The number of amides is 1. The van der Waals surface area contributed by atoms with Crippen LogP contribution in [0.3, 0.4) is 0 Å². The molecule has 7 heteroatoms. The van der Waals surface area contributed by atoms with E-state index >= 15 is 0 Å². The fraction of sp³-hybridized carbons (Fsp3) is 0.471. The molecule has 0 saturated carbocycles. The second kappa shape index (κ2) is 8.63. The molecule has 2 aromatic rings. The largest absolute Gasteiger partial charge is 0.496 e. The maximum atomic E-state index is 12.2. The second-order valence-electron chi connectivity index (χ2n) is 5.70. The Morgan fingerprint density at radius 3 is 2.92 bits per heavy atom. The van der Waals surface area contributed by atoms with Gasteiger partial charge in [0.1, 0.15) is 18.1 Å². The highest BCUT2D eigenvalue weighted by atomic mass is 32.1. The van der Waals surface area contributed by atoms with Crippen LogP contribution in [-0.2, 0) is 24.2 Å². The van der Waals surface area contributed by atoms with Gasteiger partial charge in [-0.15, -0.1) is 0 Å². The zero-order valence-electron chi connectivity index (χ0n) is 14.4. The first-order valence-electron chi connectivity index (χ1n) is 8.09. The van der Waals surface area contributed by atoms with E-state index in [2.05, 4.69) is 28.5 Å². The smallest absolute Gasteiger partial charge is 0.240 e. The molecule has 0 aliphatic carbocycles. The zero-order valence-corrected chi connectivity index (χ0v) is 15.2. The molecule has 0 spiro atoms. The SMILES string of the molecule is CCCc1n[nH]c(=S)n1CC(=O)NCCc1cc(C)ccc1OC. The Hall–Kier alpha value is -2.15. The average molecular weight is 348 g/mol. The summed E-state index contributed by atoms with van der Waals surface area (Å²) in [6.07, 6.45) is 2.46. The normalized spacial score (nSPS) is 10.6. The van der Waals surface area contributed by atoms with E-state index in [0.717, 1.165) is 36.4 Å². The van der Waals surface area contributed by atoms with Gasteiger partial charge < -0.3 is 10.1 Å². The number of nitrogens with zero attached hydrogens (tertiary/aromatic N) is 2. The predicted molar refractivity (Wildman–Crippen MR) is 95.9 cm³/mol. The van der Waals surface area contributed by atoms with E-state index in [9.17, 15) is 4.79 Å². The van der Waals surface area contributed by atoms with E-state index in [4.69, 9.17) is 17.0 Å². The monoisotopic (exact) mass is 348 g/mol. The Morgan fingerprint density at radius 2 is 2.21 bits per heavy atom. The molecule has 0 bridgehead atoms. The molecule has 0 aliphatic rings. The van der Waals surface area contributed by atoms with Crippen molar-refractivity contribution in [2.45, 2.75) is 39.7 Å². The summed E-state index contributed by atoms with van der Waals surface area (Å²) in [7, 11) is 1.66. The molecule has 0 atom stereocenters. The molecule has 2 N–H and O–H groups in total. The first-order chi connectivity index (χ1) is 11.5. The van der Waals surface area contributed by atoms with E-state index in [1.54, 1.807) is 11.7 Å². The van der Waals surface area contributed by atoms with Crippen LogP contribution in [0.15, 0.2) is 18.2 Å². The number of methoxy groups -OCH3 is 1. The number of carbonyl (C=O) groups excluding carboxylic acids is 1. The number of nitrogens with one attached hydrogen (secondary N) is 2. The van der Waals surface area contributed by atoms with Crippen LogP contribution in [0.1, 0.15) is 30.3 Å². The fourth-order valence-electron chi connectivity index (χ4n) is 2.57. The molecule has 1 aromatic carbocycles. The number of aromatic nitrogens is 3. The van der Waals surface area contributed by atoms with E-state index in [1.165, 1.54) is 5.56 Å². The maximum absolute atomic E-state index is 12.2. The number of aromatic amines is 1. The Bertz CT molecular complexity index is 751. The van der Waals surface area contributed by atoms with E-state index in [0.29, 0.717) is 11.3 Å². The predicted octanol–water partition coefficient (Wildman–Crippen LogP) is 2.57. The molecule has 1 heterocycles. The minimum absolute atomic E-state index is 0.0727. The van der Waals surface area contributed by atoms with Crippen LogP contribution >= 0.6 is 12.2 Å². The van der Waals surface area contributed by atoms with Gasteiger partial charge in [0.25, 0.3) is 0 Å². The molecular weight excluding hydrogens is 324 g/mol. The summed E-state index contributed by atoms with van der Waals surface area (Å²) in [6, 6.07) is 6.04. The topological polar surface area (TPSA) is 71.9 Å². The standard InChI is InChI=1S/C17H24N4O2S/c1-4-5-15-19-20-17(24)21(15)11-16(22)18-9-8-13-10-12(2)6-7-14(13)23-3/h6-7,10H,4-5,8-9,11H2,1-3H3,(H,18,22)(H,20,24). The second-order valence-corrected chi connectivity index (χ2v) is 6.08. The fourth-order valence-corrected chi connectivity index (χ4v) is 2.78. The number of hydrogen-bond acceptors (Lipinski definition) is 4. The molecule has 0 aliphatic heterocycles. The molecule has 24 heavy (non-hydrogen) atoms. The van der Waals surface area contributed by atoms with Crippen molar-refractivity contribution in [3.63, 3.8) is 0 Å². The van der Waals surface area contributed by atoms with Gasteiger partial charge in [-0.1, -0.05) is 24.6 Å². The summed E-state index contributed by atoms with van der Waals surface area (Å²) in [4.78, 5) is 12.2. The van der Waals surface area contributed by atoms with Crippen LogP contribution in [0.2, 0.25) is 0 Å². The van der Waals surface area contributed by atoms with Crippen molar-refractivity contribution in [1.29, 1.82) is 0 Å². The third-order valence-electron chi connectivity index (χ3n) is 3.77. The minimum Gasteiger partial charge on any atom is -0.496 e. The molecule has 0 radical (unpaired) electrons. The summed E-state index contributed by atoms with van der Waals surface area (Å²) >= 11 is 5.19. The summed E-state index contributed by atoms with van der Waals surface area (Å²) in [5, 5.41) is 9.85. The molecular formula is C17H24N4O2S. The van der Waals surface area contributed by atoms with E-state index < -0.39 is 0 Å². The van der Waals surface area contributed by atoms with Crippen molar-refractivity contribution in [1.82, 2.24) is 20.1 Å². The lowest BCUT2D eigenvalue weighted by molar-refractivity contribution is -0.121. The first kappa shape index (κ1) is 18.2. The lowest BCUT2D eigenvalue weighted by Gasteiger charge is -2.11. The molecule has 2 rings (SSSR count). The maximum Gasteiger partial charge on any atom is 0.240 e. The Labute approximate surface area is 147 Å².